The van der Waals surface area contributed by atoms with Gasteiger partial charge in [0, 0.05) is 51.8 Å². The van der Waals surface area contributed by atoms with Gasteiger partial charge in [-0.05, 0) is 58.0 Å². The molecular formula is C20H35N3O2. The van der Waals surface area contributed by atoms with Crippen LogP contribution in [0.25, 0.3) is 0 Å². The lowest BCUT2D eigenvalue weighted by Crippen LogP contribution is -2.53. The summed E-state index contributed by atoms with van der Waals surface area (Å²) in [6.45, 7) is 11.4. The molecule has 3 saturated heterocycles. The molecule has 4 fully saturated rings. The molecule has 3 aliphatic heterocycles. The summed E-state index contributed by atoms with van der Waals surface area (Å²) in [4.78, 5) is 20.7. The minimum absolute atomic E-state index is 0.123. The molecular weight excluding hydrogens is 314 g/mol. The van der Waals surface area contributed by atoms with Crippen molar-refractivity contribution >= 4 is 5.91 Å². The van der Waals surface area contributed by atoms with E-state index in [0.717, 1.165) is 51.7 Å². The van der Waals surface area contributed by atoms with Crippen LogP contribution >= 0.6 is 0 Å². The van der Waals surface area contributed by atoms with Crippen LogP contribution < -0.4 is 0 Å². The summed E-state index contributed by atoms with van der Waals surface area (Å²) in [6, 6.07) is 0. The van der Waals surface area contributed by atoms with Gasteiger partial charge >= 0.3 is 0 Å². The first kappa shape index (κ1) is 17.7. The van der Waals surface area contributed by atoms with E-state index in [4.69, 9.17) is 4.74 Å². The molecule has 1 amide bonds. The van der Waals surface area contributed by atoms with Gasteiger partial charge in [0.25, 0.3) is 0 Å². The van der Waals surface area contributed by atoms with Gasteiger partial charge in [-0.15, -0.1) is 0 Å². The number of fused-ring (bicyclic) bond motifs is 1. The molecule has 2 spiro atoms. The van der Waals surface area contributed by atoms with Gasteiger partial charge < -0.3 is 14.5 Å². The Kier molecular flexibility index (Phi) is 4.84. The lowest BCUT2D eigenvalue weighted by molar-refractivity contribution is -0.142. The highest BCUT2D eigenvalue weighted by Gasteiger charge is 2.64. The predicted octanol–water partition coefficient (Wildman–Crippen LogP) is 1.68. The summed E-state index contributed by atoms with van der Waals surface area (Å²) in [5, 5.41) is 0. The van der Waals surface area contributed by atoms with E-state index in [1.807, 2.05) is 0 Å². The van der Waals surface area contributed by atoms with Gasteiger partial charge in [-0.25, -0.2) is 0 Å². The fourth-order valence-corrected chi connectivity index (χ4v) is 5.81. The molecule has 0 aromatic heterocycles. The lowest BCUT2D eigenvalue weighted by atomic mass is 9.60. The number of nitrogens with zero attached hydrogens (tertiary/aromatic N) is 3. The van der Waals surface area contributed by atoms with E-state index in [9.17, 15) is 4.79 Å². The molecule has 1 atom stereocenters. The Morgan fingerprint density at radius 1 is 1.08 bits per heavy atom. The van der Waals surface area contributed by atoms with E-state index in [2.05, 4.69) is 21.6 Å². The molecule has 4 aliphatic rings. The van der Waals surface area contributed by atoms with Gasteiger partial charge in [-0.2, -0.15) is 0 Å². The number of carbonyl (C=O) groups excluding carboxylic acids is 1. The number of methoxy groups -OCH3 is 1. The summed E-state index contributed by atoms with van der Waals surface area (Å²) in [5.74, 6) is 1.42. The van der Waals surface area contributed by atoms with Crippen LogP contribution in [-0.2, 0) is 9.53 Å². The van der Waals surface area contributed by atoms with Crippen molar-refractivity contribution in [3.05, 3.63) is 0 Å². The van der Waals surface area contributed by atoms with Gasteiger partial charge in [0.1, 0.15) is 0 Å². The largest absolute Gasteiger partial charge is 0.383 e. The van der Waals surface area contributed by atoms with Crippen molar-refractivity contribution in [3.8, 4) is 0 Å². The molecule has 25 heavy (non-hydrogen) atoms. The van der Waals surface area contributed by atoms with Crippen LogP contribution in [-0.4, -0.2) is 86.7 Å². The van der Waals surface area contributed by atoms with Crippen molar-refractivity contribution in [2.45, 2.75) is 39.0 Å². The SMILES string of the molecule is CCN1CC[C@@]2(CN(CCOC)CC23CCN(CC2CC2)CC3)C1=O. The molecule has 142 valence electrons. The Hall–Kier alpha value is -0.650. The zero-order valence-corrected chi connectivity index (χ0v) is 16.1. The van der Waals surface area contributed by atoms with E-state index >= 15 is 0 Å². The first-order valence-corrected chi connectivity index (χ1v) is 10.4. The molecule has 3 heterocycles. The van der Waals surface area contributed by atoms with Gasteiger partial charge in [0.2, 0.25) is 5.91 Å². The fraction of sp³-hybridized carbons (Fsp3) is 0.950. The highest BCUT2D eigenvalue weighted by Crippen LogP contribution is 2.57. The molecule has 5 nitrogen and oxygen atoms in total. The van der Waals surface area contributed by atoms with Gasteiger partial charge in [0.05, 0.1) is 12.0 Å². The normalized spacial score (nSPS) is 33.2. The number of rotatable bonds is 6. The average molecular weight is 350 g/mol. The summed E-state index contributed by atoms with van der Waals surface area (Å²) in [5.41, 5.74) is 0.0736. The Morgan fingerprint density at radius 2 is 1.84 bits per heavy atom. The minimum atomic E-state index is -0.123. The number of hydrogen-bond acceptors (Lipinski definition) is 4. The number of hydrogen-bond donors (Lipinski definition) is 0. The molecule has 0 aromatic rings. The Bertz CT molecular complexity index is 499. The maximum atomic E-state index is 13.4. The molecule has 0 bridgehead atoms. The standard InChI is InChI=1S/C20H35N3O2/c1-3-23-11-8-20(18(23)24)16-22(12-13-25-2)15-19(20)6-9-21(10-7-19)14-17-4-5-17/h17H,3-16H2,1-2H3/t20-/m1/s1. The van der Waals surface area contributed by atoms with E-state index in [-0.39, 0.29) is 10.8 Å². The Morgan fingerprint density at radius 3 is 2.44 bits per heavy atom. The maximum Gasteiger partial charge on any atom is 0.230 e. The molecule has 0 unspecified atom stereocenters. The van der Waals surface area contributed by atoms with Crippen LogP contribution in [0.15, 0.2) is 0 Å². The first-order valence-electron chi connectivity index (χ1n) is 10.4. The highest BCUT2D eigenvalue weighted by atomic mass is 16.5. The van der Waals surface area contributed by atoms with Crippen molar-refractivity contribution in [1.82, 2.24) is 14.7 Å². The zero-order valence-electron chi connectivity index (χ0n) is 16.1. The molecule has 4 rings (SSSR count). The van der Waals surface area contributed by atoms with Gasteiger partial charge in [0.15, 0.2) is 0 Å². The zero-order chi connectivity index (χ0) is 17.5. The van der Waals surface area contributed by atoms with Crippen molar-refractivity contribution in [1.29, 1.82) is 0 Å². The van der Waals surface area contributed by atoms with Gasteiger partial charge in [-0.1, -0.05) is 0 Å². The highest BCUT2D eigenvalue weighted by molar-refractivity contribution is 5.86. The summed E-state index contributed by atoms with van der Waals surface area (Å²) in [7, 11) is 1.78. The molecule has 0 radical (unpaired) electrons. The maximum absolute atomic E-state index is 13.4. The second-order valence-corrected chi connectivity index (χ2v) is 8.94. The van der Waals surface area contributed by atoms with Crippen LogP contribution in [0.4, 0.5) is 0 Å². The molecule has 0 N–H and O–H groups in total. The Labute approximate surface area is 152 Å². The second kappa shape index (κ2) is 6.82. The number of piperidine rings is 1. The smallest absolute Gasteiger partial charge is 0.230 e. The van der Waals surface area contributed by atoms with Crippen molar-refractivity contribution in [2.24, 2.45) is 16.7 Å². The van der Waals surface area contributed by atoms with E-state index in [1.54, 1.807) is 7.11 Å². The minimum Gasteiger partial charge on any atom is -0.383 e. The first-order chi connectivity index (χ1) is 12.1. The molecule has 1 saturated carbocycles. The topological polar surface area (TPSA) is 36.0 Å². The summed E-state index contributed by atoms with van der Waals surface area (Å²) >= 11 is 0. The monoisotopic (exact) mass is 349 g/mol. The number of ether oxygens (including phenoxy) is 1. The number of amides is 1. The van der Waals surface area contributed by atoms with Crippen molar-refractivity contribution in [2.75, 3.05) is 66.1 Å². The molecule has 1 aliphatic carbocycles. The lowest BCUT2D eigenvalue weighted by Gasteiger charge is -2.47. The fourth-order valence-electron chi connectivity index (χ4n) is 5.81. The van der Waals surface area contributed by atoms with Gasteiger partial charge in [-0.3, -0.25) is 9.69 Å². The molecule has 5 heteroatoms. The van der Waals surface area contributed by atoms with E-state index in [0.29, 0.717) is 5.91 Å². The number of carbonyl (C=O) groups is 1. The Balaban J connectivity index is 1.52. The average Bonchev–Trinajstić information content (AvgIpc) is 3.31. The van der Waals surface area contributed by atoms with Crippen LogP contribution in [0.2, 0.25) is 0 Å². The third kappa shape index (κ3) is 3.02. The summed E-state index contributed by atoms with van der Waals surface area (Å²) in [6.07, 6.45) is 6.32. The second-order valence-electron chi connectivity index (χ2n) is 8.94. The van der Waals surface area contributed by atoms with Crippen LogP contribution in [0.5, 0.6) is 0 Å². The van der Waals surface area contributed by atoms with Crippen molar-refractivity contribution < 1.29 is 9.53 Å². The molecule has 0 aromatic carbocycles. The van der Waals surface area contributed by atoms with E-state index in [1.165, 1.54) is 45.3 Å². The number of likely N-dealkylation sites (tertiary alicyclic amines) is 3. The van der Waals surface area contributed by atoms with Crippen LogP contribution in [0, 0.1) is 16.7 Å². The third-order valence-electron chi connectivity index (χ3n) is 7.56. The van der Waals surface area contributed by atoms with Crippen molar-refractivity contribution in [3.63, 3.8) is 0 Å². The van der Waals surface area contributed by atoms with Crippen LogP contribution in [0.3, 0.4) is 0 Å². The van der Waals surface area contributed by atoms with E-state index < -0.39 is 0 Å². The third-order valence-corrected chi connectivity index (χ3v) is 7.56. The predicted molar refractivity (Wildman–Crippen MR) is 98.5 cm³/mol. The quantitative estimate of drug-likeness (QED) is 0.731. The van der Waals surface area contributed by atoms with Crippen LogP contribution in [0.1, 0.15) is 39.0 Å². The summed E-state index contributed by atoms with van der Waals surface area (Å²) < 4.78 is 5.32.